The van der Waals surface area contributed by atoms with Crippen molar-refractivity contribution in [3.05, 3.63) is 36.5 Å². The number of ether oxygens (including phenoxy) is 2. The summed E-state index contributed by atoms with van der Waals surface area (Å²) in [4.78, 5) is 8.92. The Labute approximate surface area is 193 Å². The number of nitrogens with one attached hydrogen (secondary N) is 1. The lowest BCUT2D eigenvalue weighted by Gasteiger charge is -2.32. The van der Waals surface area contributed by atoms with Crippen LogP contribution in [0.25, 0.3) is 0 Å². The molecule has 1 aliphatic carbocycles. The zero-order valence-corrected chi connectivity index (χ0v) is 19.1. The normalized spacial score (nSPS) is 25.0. The summed E-state index contributed by atoms with van der Waals surface area (Å²) in [6.07, 6.45) is 2.87. The van der Waals surface area contributed by atoms with Crippen LogP contribution in [0.5, 0.6) is 0 Å². The quantitative estimate of drug-likeness (QED) is 0.677. The fourth-order valence-electron chi connectivity index (χ4n) is 4.48. The van der Waals surface area contributed by atoms with Crippen LogP contribution in [0.1, 0.15) is 32.6 Å². The average Bonchev–Trinajstić information content (AvgIpc) is 2.84. The van der Waals surface area contributed by atoms with Crippen molar-refractivity contribution in [1.82, 2.24) is 5.32 Å². The SMILES string of the molecule is CC(NC1CCC(COC2=NCN(c3ccc(N4CCOCC4)cc3)C=C2)CC1)C(F)(F)F. The van der Waals surface area contributed by atoms with Crippen LogP contribution in [0, 0.1) is 5.92 Å². The summed E-state index contributed by atoms with van der Waals surface area (Å²) in [7, 11) is 0. The van der Waals surface area contributed by atoms with Crippen LogP contribution in [-0.4, -0.2) is 63.7 Å². The predicted octanol–water partition coefficient (Wildman–Crippen LogP) is 4.33. The third-order valence-corrected chi connectivity index (χ3v) is 6.62. The highest BCUT2D eigenvalue weighted by Gasteiger charge is 2.37. The van der Waals surface area contributed by atoms with E-state index in [-0.39, 0.29) is 6.04 Å². The zero-order chi connectivity index (χ0) is 23.3. The lowest BCUT2D eigenvalue weighted by atomic mass is 9.86. The standard InChI is InChI=1S/C24H33F3N4O2/c1-18(24(25,26)27)29-20-4-2-19(3-5-20)16-33-23-10-11-31(17-28-23)22-8-6-21(7-9-22)30-12-14-32-15-13-30/h6-11,18-20,29H,2-5,12-17H2,1H3. The van der Waals surface area contributed by atoms with Gasteiger partial charge in [-0.25, -0.2) is 4.99 Å². The fourth-order valence-corrected chi connectivity index (χ4v) is 4.48. The maximum atomic E-state index is 12.7. The van der Waals surface area contributed by atoms with Gasteiger partial charge in [-0.15, -0.1) is 0 Å². The first-order valence-electron chi connectivity index (χ1n) is 11.8. The number of hydrogen-bond acceptors (Lipinski definition) is 6. The van der Waals surface area contributed by atoms with Crippen molar-refractivity contribution < 1.29 is 22.6 Å². The van der Waals surface area contributed by atoms with Crippen LogP contribution >= 0.6 is 0 Å². The number of aliphatic imine (C=N–C) groups is 1. The van der Waals surface area contributed by atoms with E-state index in [1.165, 1.54) is 12.6 Å². The molecule has 1 saturated carbocycles. The Hall–Kier alpha value is -2.26. The van der Waals surface area contributed by atoms with Gasteiger partial charge in [-0.05, 0) is 62.8 Å². The van der Waals surface area contributed by atoms with E-state index in [1.807, 2.05) is 12.3 Å². The van der Waals surface area contributed by atoms with E-state index in [0.29, 0.717) is 25.1 Å². The molecule has 0 spiro atoms. The highest BCUT2D eigenvalue weighted by Crippen LogP contribution is 2.28. The maximum absolute atomic E-state index is 12.7. The molecule has 182 valence electrons. The monoisotopic (exact) mass is 466 g/mol. The van der Waals surface area contributed by atoms with Crippen LogP contribution in [-0.2, 0) is 9.47 Å². The Morgan fingerprint density at radius 3 is 2.36 bits per heavy atom. The van der Waals surface area contributed by atoms with Crippen LogP contribution < -0.4 is 15.1 Å². The number of alkyl halides is 3. The molecule has 1 N–H and O–H groups in total. The molecule has 9 heteroatoms. The summed E-state index contributed by atoms with van der Waals surface area (Å²) in [5.41, 5.74) is 2.28. The predicted molar refractivity (Wildman–Crippen MR) is 124 cm³/mol. The number of anilines is 2. The molecule has 2 fully saturated rings. The Balaban J connectivity index is 1.18. The van der Waals surface area contributed by atoms with Gasteiger partial charge in [0.2, 0.25) is 5.90 Å². The molecule has 33 heavy (non-hydrogen) atoms. The van der Waals surface area contributed by atoms with E-state index in [1.54, 1.807) is 0 Å². The molecule has 6 nitrogen and oxygen atoms in total. The van der Waals surface area contributed by atoms with Crippen molar-refractivity contribution in [2.75, 3.05) is 49.4 Å². The van der Waals surface area contributed by atoms with E-state index in [9.17, 15) is 13.2 Å². The van der Waals surface area contributed by atoms with Gasteiger partial charge in [-0.3, -0.25) is 0 Å². The Bertz CT molecular complexity index is 814. The van der Waals surface area contributed by atoms with Crippen LogP contribution in [0.4, 0.5) is 24.5 Å². The van der Waals surface area contributed by atoms with Gasteiger partial charge in [0.25, 0.3) is 0 Å². The molecule has 2 heterocycles. The first-order valence-corrected chi connectivity index (χ1v) is 11.8. The van der Waals surface area contributed by atoms with Gasteiger partial charge in [0, 0.05) is 42.8 Å². The zero-order valence-electron chi connectivity index (χ0n) is 19.1. The van der Waals surface area contributed by atoms with Crippen molar-refractivity contribution >= 4 is 17.3 Å². The summed E-state index contributed by atoms with van der Waals surface area (Å²) >= 11 is 0. The van der Waals surface area contributed by atoms with E-state index in [2.05, 4.69) is 44.4 Å². The second-order valence-corrected chi connectivity index (χ2v) is 9.00. The Morgan fingerprint density at radius 1 is 1.09 bits per heavy atom. The molecular formula is C24H33F3N4O2. The Kier molecular flexibility index (Phi) is 7.80. The van der Waals surface area contributed by atoms with Crippen LogP contribution in [0.3, 0.4) is 0 Å². The minimum absolute atomic E-state index is 0.0759. The number of benzene rings is 1. The minimum Gasteiger partial charge on any atom is -0.478 e. The van der Waals surface area contributed by atoms with Crippen molar-refractivity contribution in [1.29, 1.82) is 0 Å². The van der Waals surface area contributed by atoms with Gasteiger partial charge in [0.05, 0.1) is 19.8 Å². The van der Waals surface area contributed by atoms with Gasteiger partial charge < -0.3 is 24.6 Å². The second-order valence-electron chi connectivity index (χ2n) is 9.00. The topological polar surface area (TPSA) is 49.3 Å². The third kappa shape index (κ3) is 6.63. The molecule has 0 amide bonds. The molecule has 0 radical (unpaired) electrons. The number of hydrogen-bond donors (Lipinski definition) is 1. The minimum atomic E-state index is -4.19. The van der Waals surface area contributed by atoms with Crippen molar-refractivity contribution in [2.45, 2.75) is 50.9 Å². The molecule has 1 saturated heterocycles. The number of morpholine rings is 1. The lowest BCUT2D eigenvalue weighted by Crippen LogP contribution is -2.46. The van der Waals surface area contributed by atoms with E-state index in [4.69, 9.17) is 9.47 Å². The molecule has 1 unspecified atom stereocenters. The van der Waals surface area contributed by atoms with Gasteiger partial charge in [-0.2, -0.15) is 13.2 Å². The molecule has 0 aromatic heterocycles. The molecule has 1 aromatic carbocycles. The number of nitrogens with zero attached hydrogens (tertiary/aromatic N) is 3. The maximum Gasteiger partial charge on any atom is 0.403 e. The molecular weight excluding hydrogens is 433 g/mol. The van der Waals surface area contributed by atoms with Crippen molar-refractivity contribution in [2.24, 2.45) is 10.9 Å². The fraction of sp³-hybridized carbons (Fsp3) is 0.625. The Morgan fingerprint density at radius 2 is 1.76 bits per heavy atom. The van der Waals surface area contributed by atoms with Crippen molar-refractivity contribution in [3.63, 3.8) is 0 Å². The summed E-state index contributed by atoms with van der Waals surface area (Å²) in [5.74, 6) is 0.966. The third-order valence-electron chi connectivity index (χ3n) is 6.62. The second kappa shape index (κ2) is 10.8. The molecule has 0 bridgehead atoms. The van der Waals surface area contributed by atoms with Gasteiger partial charge in [-0.1, -0.05) is 0 Å². The number of halogens is 3. The molecule has 2 aliphatic heterocycles. The highest BCUT2D eigenvalue weighted by molar-refractivity contribution is 5.89. The first kappa shape index (κ1) is 23.9. The summed E-state index contributed by atoms with van der Waals surface area (Å²) in [6, 6.07) is 6.92. The highest BCUT2D eigenvalue weighted by atomic mass is 19.4. The largest absolute Gasteiger partial charge is 0.478 e. The van der Waals surface area contributed by atoms with E-state index in [0.717, 1.165) is 57.7 Å². The van der Waals surface area contributed by atoms with E-state index >= 15 is 0 Å². The smallest absolute Gasteiger partial charge is 0.403 e. The number of rotatable bonds is 6. The van der Waals surface area contributed by atoms with Crippen LogP contribution in [0.2, 0.25) is 0 Å². The molecule has 1 aromatic rings. The summed E-state index contributed by atoms with van der Waals surface area (Å²) in [6.45, 7) is 5.60. The van der Waals surface area contributed by atoms with E-state index < -0.39 is 12.2 Å². The van der Waals surface area contributed by atoms with Gasteiger partial charge >= 0.3 is 6.18 Å². The van der Waals surface area contributed by atoms with Crippen molar-refractivity contribution in [3.8, 4) is 0 Å². The van der Waals surface area contributed by atoms with Gasteiger partial charge in [0.1, 0.15) is 12.7 Å². The lowest BCUT2D eigenvalue weighted by molar-refractivity contribution is -0.154. The summed E-state index contributed by atoms with van der Waals surface area (Å²) in [5, 5.41) is 2.71. The molecule has 3 aliphatic rings. The molecule has 4 rings (SSSR count). The van der Waals surface area contributed by atoms with Gasteiger partial charge in [0.15, 0.2) is 0 Å². The molecule has 1 atom stereocenters. The summed E-state index contributed by atoms with van der Waals surface area (Å²) < 4.78 is 49.5. The van der Waals surface area contributed by atoms with Crippen LogP contribution in [0.15, 0.2) is 41.5 Å². The first-order chi connectivity index (χ1) is 15.9. The average molecular weight is 467 g/mol.